The van der Waals surface area contributed by atoms with Crippen LogP contribution in [0.1, 0.15) is 16.6 Å². The molecule has 0 aliphatic heterocycles. The monoisotopic (exact) mass is 309 g/mol. The molecular weight excluding hydrogens is 298 g/mol. The molecule has 0 saturated carbocycles. The number of thiophene rings is 1. The fourth-order valence-corrected chi connectivity index (χ4v) is 2.25. The van der Waals surface area contributed by atoms with Gasteiger partial charge in [-0.2, -0.15) is 0 Å². The number of amides is 1. The van der Waals surface area contributed by atoms with Gasteiger partial charge in [0.15, 0.2) is 6.10 Å². The first-order valence-electron chi connectivity index (χ1n) is 5.88. The summed E-state index contributed by atoms with van der Waals surface area (Å²) < 4.78 is 5.08. The zero-order chi connectivity index (χ0) is 14.5. The van der Waals surface area contributed by atoms with E-state index in [2.05, 4.69) is 5.32 Å². The predicted molar refractivity (Wildman–Crippen MR) is 79.3 cm³/mol. The highest BCUT2D eigenvalue weighted by atomic mass is 35.5. The average molecular weight is 310 g/mol. The molecule has 4 nitrogen and oxygen atoms in total. The molecular formula is C14H12ClNO3S. The molecule has 2 rings (SSSR count). The Bertz CT molecular complexity index is 613. The maximum atomic E-state index is 11.9. The SMILES string of the molecule is CC(OC(=O)c1cccs1)C(=O)Nc1ccccc1Cl. The van der Waals surface area contributed by atoms with Gasteiger partial charge in [0.1, 0.15) is 4.88 Å². The van der Waals surface area contributed by atoms with Crippen molar-refractivity contribution in [2.45, 2.75) is 13.0 Å². The highest BCUT2D eigenvalue weighted by Crippen LogP contribution is 2.21. The lowest BCUT2D eigenvalue weighted by molar-refractivity contribution is -0.123. The van der Waals surface area contributed by atoms with Crippen LogP contribution in [-0.2, 0) is 9.53 Å². The molecule has 0 aliphatic rings. The first kappa shape index (κ1) is 14.6. The molecule has 6 heteroatoms. The highest BCUT2D eigenvalue weighted by Gasteiger charge is 2.20. The Morgan fingerprint density at radius 1 is 1.25 bits per heavy atom. The lowest BCUT2D eigenvalue weighted by atomic mass is 10.3. The number of rotatable bonds is 4. The van der Waals surface area contributed by atoms with Crippen LogP contribution in [0.25, 0.3) is 0 Å². The zero-order valence-electron chi connectivity index (χ0n) is 10.6. The van der Waals surface area contributed by atoms with Crippen molar-refractivity contribution in [2.75, 3.05) is 5.32 Å². The van der Waals surface area contributed by atoms with Gasteiger partial charge in [0, 0.05) is 0 Å². The van der Waals surface area contributed by atoms with Crippen molar-refractivity contribution in [3.05, 3.63) is 51.7 Å². The van der Waals surface area contributed by atoms with Crippen LogP contribution in [0.4, 0.5) is 5.69 Å². The first-order chi connectivity index (χ1) is 9.58. The number of para-hydroxylation sites is 1. The van der Waals surface area contributed by atoms with E-state index in [1.165, 1.54) is 18.3 Å². The third-order valence-corrected chi connectivity index (χ3v) is 3.69. The van der Waals surface area contributed by atoms with E-state index < -0.39 is 18.0 Å². The quantitative estimate of drug-likeness (QED) is 0.878. The van der Waals surface area contributed by atoms with E-state index in [0.717, 1.165) is 0 Å². The largest absolute Gasteiger partial charge is 0.448 e. The predicted octanol–water partition coefficient (Wildman–Crippen LogP) is 3.59. The number of halogens is 1. The second-order valence-corrected chi connectivity index (χ2v) is 5.35. The molecule has 1 N–H and O–H groups in total. The summed E-state index contributed by atoms with van der Waals surface area (Å²) in [5.41, 5.74) is 0.484. The summed E-state index contributed by atoms with van der Waals surface area (Å²) >= 11 is 7.20. The van der Waals surface area contributed by atoms with Crippen LogP contribution in [0.2, 0.25) is 5.02 Å². The van der Waals surface area contributed by atoms with Gasteiger partial charge in [-0.05, 0) is 30.5 Å². The molecule has 1 heterocycles. The fourth-order valence-electron chi connectivity index (χ4n) is 1.46. The number of hydrogen-bond donors (Lipinski definition) is 1. The standard InChI is InChI=1S/C14H12ClNO3S/c1-9(19-14(18)12-7-4-8-20-12)13(17)16-11-6-3-2-5-10(11)15/h2-9H,1H3,(H,16,17). The number of ether oxygens (including phenoxy) is 1. The summed E-state index contributed by atoms with van der Waals surface area (Å²) in [5.74, 6) is -0.940. The van der Waals surface area contributed by atoms with E-state index in [1.54, 1.807) is 41.8 Å². The zero-order valence-corrected chi connectivity index (χ0v) is 12.2. The van der Waals surface area contributed by atoms with Gasteiger partial charge in [-0.1, -0.05) is 29.8 Å². The van der Waals surface area contributed by atoms with E-state index in [0.29, 0.717) is 15.6 Å². The van der Waals surface area contributed by atoms with E-state index in [1.807, 2.05) is 0 Å². The molecule has 0 bridgehead atoms. The van der Waals surface area contributed by atoms with Crippen molar-refractivity contribution in [1.82, 2.24) is 0 Å². The van der Waals surface area contributed by atoms with Crippen molar-refractivity contribution in [2.24, 2.45) is 0 Å². The Kier molecular flexibility index (Phi) is 4.76. The Hall–Kier alpha value is -1.85. The Morgan fingerprint density at radius 2 is 2.00 bits per heavy atom. The summed E-state index contributed by atoms with van der Waals surface area (Å²) in [6, 6.07) is 10.2. The lowest BCUT2D eigenvalue weighted by Crippen LogP contribution is -2.29. The maximum Gasteiger partial charge on any atom is 0.349 e. The van der Waals surface area contributed by atoms with Crippen molar-refractivity contribution < 1.29 is 14.3 Å². The number of carbonyl (C=O) groups is 2. The number of carbonyl (C=O) groups excluding carboxylic acids is 2. The van der Waals surface area contributed by atoms with Gasteiger partial charge >= 0.3 is 5.97 Å². The van der Waals surface area contributed by atoms with Gasteiger partial charge in [0.25, 0.3) is 5.91 Å². The number of esters is 1. The van der Waals surface area contributed by atoms with Crippen molar-refractivity contribution in [1.29, 1.82) is 0 Å². The molecule has 1 amide bonds. The van der Waals surface area contributed by atoms with E-state index >= 15 is 0 Å². The molecule has 0 fully saturated rings. The number of hydrogen-bond acceptors (Lipinski definition) is 4. The number of benzene rings is 1. The van der Waals surface area contributed by atoms with Crippen LogP contribution >= 0.6 is 22.9 Å². The van der Waals surface area contributed by atoms with E-state index in [9.17, 15) is 9.59 Å². The third-order valence-electron chi connectivity index (χ3n) is 2.51. The molecule has 20 heavy (non-hydrogen) atoms. The second-order valence-electron chi connectivity index (χ2n) is 3.99. The molecule has 104 valence electrons. The second kappa shape index (κ2) is 6.54. The van der Waals surface area contributed by atoms with Crippen LogP contribution in [-0.4, -0.2) is 18.0 Å². The summed E-state index contributed by atoms with van der Waals surface area (Å²) in [7, 11) is 0. The van der Waals surface area contributed by atoms with Crippen molar-refractivity contribution >= 4 is 40.5 Å². The molecule has 1 aromatic carbocycles. The normalized spacial score (nSPS) is 11.7. The molecule has 1 aromatic heterocycles. The molecule has 2 aromatic rings. The summed E-state index contributed by atoms with van der Waals surface area (Å²) in [6.45, 7) is 1.51. The van der Waals surface area contributed by atoms with Crippen LogP contribution in [0.3, 0.4) is 0 Å². The smallest absolute Gasteiger partial charge is 0.349 e. The summed E-state index contributed by atoms with van der Waals surface area (Å²) in [6.07, 6.45) is -0.902. The molecule has 0 radical (unpaired) electrons. The summed E-state index contributed by atoms with van der Waals surface area (Å²) in [4.78, 5) is 24.1. The topological polar surface area (TPSA) is 55.4 Å². The Morgan fingerprint density at radius 3 is 2.65 bits per heavy atom. The first-order valence-corrected chi connectivity index (χ1v) is 7.13. The minimum absolute atomic E-state index is 0.428. The fraction of sp³-hybridized carbons (Fsp3) is 0.143. The van der Waals surface area contributed by atoms with Crippen molar-refractivity contribution in [3.8, 4) is 0 Å². The van der Waals surface area contributed by atoms with Gasteiger partial charge in [-0.3, -0.25) is 4.79 Å². The Labute approximate surface area is 125 Å². The van der Waals surface area contributed by atoms with Gasteiger partial charge in [-0.25, -0.2) is 4.79 Å². The van der Waals surface area contributed by atoms with Gasteiger partial charge < -0.3 is 10.1 Å². The average Bonchev–Trinajstić information content (AvgIpc) is 2.95. The summed E-state index contributed by atoms with van der Waals surface area (Å²) in [5, 5.41) is 4.81. The maximum absolute atomic E-state index is 11.9. The lowest BCUT2D eigenvalue weighted by Gasteiger charge is -2.13. The van der Waals surface area contributed by atoms with E-state index in [-0.39, 0.29) is 0 Å². The van der Waals surface area contributed by atoms with Crippen LogP contribution in [0.5, 0.6) is 0 Å². The van der Waals surface area contributed by atoms with Crippen molar-refractivity contribution in [3.63, 3.8) is 0 Å². The highest BCUT2D eigenvalue weighted by molar-refractivity contribution is 7.11. The van der Waals surface area contributed by atoms with Crippen LogP contribution in [0, 0.1) is 0 Å². The van der Waals surface area contributed by atoms with Gasteiger partial charge in [0.2, 0.25) is 0 Å². The minimum atomic E-state index is -0.902. The molecule has 0 saturated heterocycles. The minimum Gasteiger partial charge on any atom is -0.448 e. The molecule has 1 atom stereocenters. The van der Waals surface area contributed by atoms with Gasteiger partial charge in [0.05, 0.1) is 10.7 Å². The molecule has 1 unspecified atom stereocenters. The van der Waals surface area contributed by atoms with Gasteiger partial charge in [-0.15, -0.1) is 11.3 Å². The van der Waals surface area contributed by atoms with Crippen LogP contribution in [0.15, 0.2) is 41.8 Å². The number of nitrogens with one attached hydrogen (secondary N) is 1. The van der Waals surface area contributed by atoms with Crippen LogP contribution < -0.4 is 5.32 Å². The van der Waals surface area contributed by atoms with E-state index in [4.69, 9.17) is 16.3 Å². The molecule has 0 spiro atoms. The number of anilines is 1. The molecule has 0 aliphatic carbocycles. The Balaban J connectivity index is 1.96. The third kappa shape index (κ3) is 3.59.